The highest BCUT2D eigenvalue weighted by Gasteiger charge is 2.22. The summed E-state index contributed by atoms with van der Waals surface area (Å²) in [5.74, 6) is -1.46. The number of aromatic carboxylic acids is 1. The van der Waals surface area contributed by atoms with Gasteiger partial charge in [-0.3, -0.25) is 4.40 Å². The minimum atomic E-state index is -1.20. The van der Waals surface area contributed by atoms with Gasteiger partial charge in [-0.2, -0.15) is 0 Å². The molecule has 0 radical (unpaired) electrons. The summed E-state index contributed by atoms with van der Waals surface area (Å²) < 4.78 is 6.18. The van der Waals surface area contributed by atoms with Crippen LogP contribution in [0.3, 0.4) is 0 Å². The number of ether oxygens (including phenoxy) is 1. The van der Waals surface area contributed by atoms with Crippen molar-refractivity contribution < 1.29 is 24.5 Å². The second-order valence-electron chi connectivity index (χ2n) is 4.76. The Balaban J connectivity index is 2.38. The first-order valence-electron chi connectivity index (χ1n) is 6.65. The maximum atomic E-state index is 12.0. The van der Waals surface area contributed by atoms with Crippen molar-refractivity contribution in [2.45, 2.75) is 0 Å². The molecule has 1 aromatic carbocycles. The fraction of sp³-hybridized carbons (Fsp3) is 0.0625. The van der Waals surface area contributed by atoms with Crippen LogP contribution in [-0.2, 0) is 4.74 Å². The molecule has 0 saturated heterocycles. The normalized spacial score (nSPS) is 10.7. The number of rotatable bonds is 3. The van der Waals surface area contributed by atoms with Gasteiger partial charge in [0.25, 0.3) is 0 Å². The van der Waals surface area contributed by atoms with E-state index in [2.05, 4.69) is 4.98 Å². The Hall–Kier alpha value is -3.35. The van der Waals surface area contributed by atoms with Crippen LogP contribution in [0.25, 0.3) is 16.9 Å². The largest absolute Gasteiger partial charge is 0.508 e. The van der Waals surface area contributed by atoms with Crippen molar-refractivity contribution in [3.05, 3.63) is 53.9 Å². The molecule has 2 aromatic heterocycles. The van der Waals surface area contributed by atoms with E-state index >= 15 is 0 Å². The van der Waals surface area contributed by atoms with Gasteiger partial charge in [-0.05, 0) is 36.4 Å². The number of nitrogens with zero attached hydrogens (tertiary/aromatic N) is 2. The summed E-state index contributed by atoms with van der Waals surface area (Å²) in [6.07, 6.45) is 0. The third kappa shape index (κ3) is 2.38. The molecule has 0 fully saturated rings. The van der Waals surface area contributed by atoms with Gasteiger partial charge in [-0.25, -0.2) is 14.6 Å². The number of phenols is 1. The zero-order valence-electron chi connectivity index (χ0n) is 12.1. The van der Waals surface area contributed by atoms with Gasteiger partial charge >= 0.3 is 11.9 Å². The summed E-state index contributed by atoms with van der Waals surface area (Å²) >= 11 is 0. The van der Waals surface area contributed by atoms with Crippen LogP contribution in [0, 0.1) is 0 Å². The molecule has 0 aliphatic carbocycles. The maximum Gasteiger partial charge on any atom is 0.356 e. The second-order valence-corrected chi connectivity index (χ2v) is 4.76. The van der Waals surface area contributed by atoms with Crippen molar-refractivity contribution >= 4 is 17.5 Å². The minimum Gasteiger partial charge on any atom is -0.508 e. The first-order chi connectivity index (χ1) is 11.0. The van der Waals surface area contributed by atoms with Crippen molar-refractivity contribution in [2.75, 3.05) is 7.11 Å². The number of pyridine rings is 1. The Morgan fingerprint density at radius 3 is 2.43 bits per heavy atom. The molecule has 0 spiro atoms. The third-order valence-corrected chi connectivity index (χ3v) is 3.38. The van der Waals surface area contributed by atoms with Crippen LogP contribution in [0.2, 0.25) is 0 Å². The van der Waals surface area contributed by atoms with E-state index in [0.29, 0.717) is 5.56 Å². The molecule has 0 unspecified atom stereocenters. The van der Waals surface area contributed by atoms with Gasteiger partial charge in [0.2, 0.25) is 0 Å². The van der Waals surface area contributed by atoms with Gasteiger partial charge in [0, 0.05) is 5.56 Å². The quantitative estimate of drug-likeness (QED) is 0.719. The van der Waals surface area contributed by atoms with Gasteiger partial charge in [0.05, 0.1) is 12.6 Å². The number of hydrogen-bond donors (Lipinski definition) is 2. The third-order valence-electron chi connectivity index (χ3n) is 3.38. The lowest BCUT2D eigenvalue weighted by atomic mass is 10.2. The molecule has 0 atom stereocenters. The fourth-order valence-corrected chi connectivity index (χ4v) is 2.36. The smallest absolute Gasteiger partial charge is 0.356 e. The van der Waals surface area contributed by atoms with Crippen LogP contribution in [0.1, 0.15) is 21.0 Å². The van der Waals surface area contributed by atoms with E-state index in [1.165, 1.54) is 29.7 Å². The Kier molecular flexibility index (Phi) is 3.46. The number of benzene rings is 1. The average molecular weight is 312 g/mol. The van der Waals surface area contributed by atoms with E-state index in [4.69, 9.17) is 4.74 Å². The lowest BCUT2D eigenvalue weighted by Gasteiger charge is -2.07. The summed E-state index contributed by atoms with van der Waals surface area (Å²) in [5.41, 5.74) is 0.831. The molecule has 2 N–H and O–H groups in total. The molecule has 7 nitrogen and oxygen atoms in total. The van der Waals surface area contributed by atoms with Crippen LogP contribution < -0.4 is 0 Å². The average Bonchev–Trinajstić information content (AvgIpc) is 2.94. The van der Waals surface area contributed by atoms with Crippen molar-refractivity contribution in [1.29, 1.82) is 0 Å². The van der Waals surface area contributed by atoms with Gasteiger partial charge in [-0.1, -0.05) is 6.07 Å². The number of carbonyl (C=O) groups excluding carboxylic acids is 1. The number of aromatic nitrogens is 2. The molecule has 0 bridgehead atoms. The highest BCUT2D eigenvalue weighted by atomic mass is 16.5. The van der Waals surface area contributed by atoms with Gasteiger partial charge in [0.15, 0.2) is 5.69 Å². The Morgan fingerprint density at radius 1 is 1.13 bits per heavy atom. The van der Waals surface area contributed by atoms with E-state index in [1.807, 2.05) is 0 Å². The number of aromatic hydroxyl groups is 1. The van der Waals surface area contributed by atoms with E-state index < -0.39 is 11.9 Å². The van der Waals surface area contributed by atoms with E-state index in [1.54, 1.807) is 24.3 Å². The molecule has 7 heteroatoms. The number of carbonyl (C=O) groups is 2. The predicted molar refractivity (Wildman–Crippen MR) is 80.6 cm³/mol. The molecule has 23 heavy (non-hydrogen) atoms. The Morgan fingerprint density at radius 2 is 1.83 bits per heavy atom. The number of carboxylic acids is 1. The highest BCUT2D eigenvalue weighted by molar-refractivity contribution is 5.97. The SMILES string of the molecule is COC(=O)c1cccc2c(C(=O)O)nc(-c3ccc(O)cc3)n12. The van der Waals surface area contributed by atoms with Crippen molar-refractivity contribution in [3.63, 3.8) is 0 Å². The van der Waals surface area contributed by atoms with E-state index in [9.17, 15) is 19.8 Å². The molecule has 3 aromatic rings. The summed E-state index contributed by atoms with van der Waals surface area (Å²) in [7, 11) is 1.25. The minimum absolute atomic E-state index is 0.0706. The van der Waals surface area contributed by atoms with Gasteiger partial charge in [0.1, 0.15) is 17.3 Å². The molecular weight excluding hydrogens is 300 g/mol. The van der Waals surface area contributed by atoms with E-state index in [-0.39, 0.29) is 28.5 Å². The first kappa shape index (κ1) is 14.6. The molecule has 0 aliphatic heterocycles. The maximum absolute atomic E-state index is 12.0. The molecule has 3 rings (SSSR count). The second kappa shape index (κ2) is 5.45. The van der Waals surface area contributed by atoms with Gasteiger partial charge < -0.3 is 14.9 Å². The van der Waals surface area contributed by atoms with E-state index in [0.717, 1.165) is 0 Å². The molecular formula is C16H12N2O5. The van der Waals surface area contributed by atoms with Crippen LogP contribution >= 0.6 is 0 Å². The molecule has 0 amide bonds. The van der Waals surface area contributed by atoms with Crippen LogP contribution in [0.4, 0.5) is 0 Å². The van der Waals surface area contributed by atoms with Crippen molar-refractivity contribution in [1.82, 2.24) is 9.38 Å². The zero-order chi connectivity index (χ0) is 16.6. The predicted octanol–water partition coefficient (Wildman–Crippen LogP) is 2.19. The number of phenolic OH excluding ortho intramolecular Hbond substituents is 1. The number of esters is 1. The number of imidazole rings is 1. The number of fused-ring (bicyclic) bond motifs is 1. The number of hydrogen-bond acceptors (Lipinski definition) is 5. The fourth-order valence-electron chi connectivity index (χ4n) is 2.36. The first-order valence-corrected chi connectivity index (χ1v) is 6.65. The standard InChI is InChI=1S/C16H12N2O5/c1-23-16(22)12-4-2-3-11-13(15(20)21)17-14(18(11)12)9-5-7-10(19)8-6-9/h2-8,19H,1H3,(H,20,21). The molecule has 2 heterocycles. The Labute approximate surface area is 130 Å². The molecule has 116 valence electrons. The lowest BCUT2D eigenvalue weighted by molar-refractivity contribution is 0.0591. The summed E-state index contributed by atoms with van der Waals surface area (Å²) in [6.45, 7) is 0. The van der Waals surface area contributed by atoms with Crippen molar-refractivity contribution in [3.8, 4) is 17.1 Å². The zero-order valence-corrected chi connectivity index (χ0v) is 12.1. The number of methoxy groups -OCH3 is 1. The summed E-state index contributed by atoms with van der Waals surface area (Å²) in [6, 6.07) is 10.7. The highest BCUT2D eigenvalue weighted by Crippen LogP contribution is 2.26. The monoisotopic (exact) mass is 312 g/mol. The summed E-state index contributed by atoms with van der Waals surface area (Å²) in [4.78, 5) is 27.6. The molecule has 0 saturated carbocycles. The van der Waals surface area contributed by atoms with Crippen LogP contribution in [0.5, 0.6) is 5.75 Å². The van der Waals surface area contributed by atoms with Crippen molar-refractivity contribution in [2.24, 2.45) is 0 Å². The summed E-state index contributed by atoms with van der Waals surface area (Å²) in [5, 5.41) is 18.7. The van der Waals surface area contributed by atoms with Crippen LogP contribution in [-0.4, -0.2) is 38.6 Å². The number of carboxylic acid groups (broad SMARTS) is 1. The van der Waals surface area contributed by atoms with Gasteiger partial charge in [-0.15, -0.1) is 0 Å². The lowest BCUT2D eigenvalue weighted by Crippen LogP contribution is -2.09. The Bertz CT molecular complexity index is 912. The molecule has 0 aliphatic rings. The van der Waals surface area contributed by atoms with Crippen LogP contribution in [0.15, 0.2) is 42.5 Å². The topological polar surface area (TPSA) is 101 Å².